The van der Waals surface area contributed by atoms with Crippen molar-refractivity contribution in [2.75, 3.05) is 12.4 Å². The summed E-state index contributed by atoms with van der Waals surface area (Å²) in [6, 6.07) is 8.65. The molecule has 0 spiro atoms. The molecule has 30 heavy (non-hydrogen) atoms. The normalized spacial score (nSPS) is 18.9. The first kappa shape index (κ1) is 20.5. The summed E-state index contributed by atoms with van der Waals surface area (Å²) in [6.07, 6.45) is 7.61. The van der Waals surface area contributed by atoms with Crippen LogP contribution in [0.2, 0.25) is 0 Å². The number of hydrogen-bond donors (Lipinski definition) is 1. The molecule has 156 valence electrons. The number of fused-ring (bicyclic) bond motifs is 1. The van der Waals surface area contributed by atoms with E-state index in [1.165, 1.54) is 26.4 Å². The predicted molar refractivity (Wildman–Crippen MR) is 118 cm³/mol. The van der Waals surface area contributed by atoms with Crippen molar-refractivity contribution in [1.29, 1.82) is 0 Å². The van der Waals surface area contributed by atoms with Gasteiger partial charge in [0.05, 0.1) is 33.6 Å². The van der Waals surface area contributed by atoms with Gasteiger partial charge in [0.2, 0.25) is 0 Å². The number of ether oxygens (including phenoxy) is 1. The Kier molecular flexibility index (Phi) is 6.08. The van der Waals surface area contributed by atoms with Gasteiger partial charge in [0.1, 0.15) is 5.69 Å². The average molecular weight is 424 g/mol. The minimum Gasteiger partial charge on any atom is -0.465 e. The Morgan fingerprint density at radius 1 is 1.20 bits per heavy atom. The van der Waals surface area contributed by atoms with Gasteiger partial charge in [-0.05, 0) is 55.9 Å². The molecule has 1 aromatic carbocycles. The Hall–Kier alpha value is -2.80. The first-order valence-corrected chi connectivity index (χ1v) is 11.2. The van der Waals surface area contributed by atoms with Gasteiger partial charge in [0.15, 0.2) is 0 Å². The van der Waals surface area contributed by atoms with Crippen LogP contribution in [0.1, 0.15) is 70.8 Å². The summed E-state index contributed by atoms with van der Waals surface area (Å²) in [5.74, 6) is 0.419. The van der Waals surface area contributed by atoms with Gasteiger partial charge in [-0.3, -0.25) is 9.78 Å². The number of nitrogens with one attached hydrogen (secondary N) is 1. The van der Waals surface area contributed by atoms with Gasteiger partial charge in [-0.15, -0.1) is 11.3 Å². The molecule has 2 heterocycles. The minimum absolute atomic E-state index is 0.283. The highest BCUT2D eigenvalue weighted by molar-refractivity contribution is 7.18. The molecule has 3 aromatic rings. The number of benzene rings is 1. The van der Waals surface area contributed by atoms with E-state index in [4.69, 9.17) is 9.72 Å². The van der Waals surface area contributed by atoms with Crippen molar-refractivity contribution in [3.8, 4) is 0 Å². The molecule has 0 aliphatic heterocycles. The lowest BCUT2D eigenvalue weighted by atomic mass is 9.81. The molecule has 1 amide bonds. The largest absolute Gasteiger partial charge is 0.465 e. The Bertz CT molecular complexity index is 1060. The van der Waals surface area contributed by atoms with Crippen LogP contribution < -0.4 is 5.32 Å². The second kappa shape index (κ2) is 8.92. The number of esters is 1. The molecule has 0 bridgehead atoms. The summed E-state index contributed by atoms with van der Waals surface area (Å²) in [7, 11) is 1.33. The zero-order chi connectivity index (χ0) is 21.1. The van der Waals surface area contributed by atoms with Crippen molar-refractivity contribution in [1.82, 2.24) is 9.97 Å². The van der Waals surface area contributed by atoms with E-state index in [1.54, 1.807) is 41.8 Å². The number of carbonyl (C=O) groups excluding carboxylic acids is 2. The number of hydrogen-bond acceptors (Lipinski definition) is 6. The highest BCUT2D eigenvalue weighted by atomic mass is 32.1. The molecule has 0 radical (unpaired) electrons. The lowest BCUT2D eigenvalue weighted by Gasteiger charge is -2.26. The van der Waals surface area contributed by atoms with E-state index in [-0.39, 0.29) is 11.6 Å². The number of thiazole rings is 1. The molecule has 1 N–H and O–H groups in total. The Morgan fingerprint density at radius 2 is 2.00 bits per heavy atom. The molecule has 1 aliphatic rings. The standard InChI is InChI=1S/C23H25N3O3S/c1-3-14-7-9-15(10-8-14)22-26-19-12-16(23(28)29-2)18(13-20(19)30-22)25-21(27)17-6-4-5-11-24-17/h4-6,11-15H,3,7-10H2,1-2H3,(H,25,27)/t14-,15-. The van der Waals surface area contributed by atoms with Crippen LogP contribution in [0.5, 0.6) is 0 Å². The van der Waals surface area contributed by atoms with Gasteiger partial charge in [-0.25, -0.2) is 9.78 Å². The number of carbonyl (C=O) groups is 2. The Balaban J connectivity index is 1.65. The first-order chi connectivity index (χ1) is 14.6. The lowest BCUT2D eigenvalue weighted by Crippen LogP contribution is -2.16. The van der Waals surface area contributed by atoms with Crippen molar-refractivity contribution in [2.45, 2.75) is 44.9 Å². The maximum absolute atomic E-state index is 12.6. The van der Waals surface area contributed by atoms with Gasteiger partial charge in [-0.1, -0.05) is 19.4 Å². The average Bonchev–Trinajstić information content (AvgIpc) is 3.21. The highest BCUT2D eigenvalue weighted by Gasteiger charge is 2.25. The molecule has 0 unspecified atom stereocenters. The number of pyridine rings is 1. The molecule has 0 atom stereocenters. The van der Waals surface area contributed by atoms with E-state index in [0.29, 0.717) is 17.2 Å². The fourth-order valence-electron chi connectivity index (χ4n) is 4.05. The number of rotatable bonds is 5. The van der Waals surface area contributed by atoms with Gasteiger partial charge in [0.25, 0.3) is 5.91 Å². The molecular weight excluding hydrogens is 398 g/mol. The summed E-state index contributed by atoms with van der Waals surface area (Å²) in [5.41, 5.74) is 1.76. The van der Waals surface area contributed by atoms with E-state index in [1.807, 2.05) is 6.07 Å². The molecule has 0 saturated heterocycles. The number of anilines is 1. The topological polar surface area (TPSA) is 81.2 Å². The van der Waals surface area contributed by atoms with Gasteiger partial charge >= 0.3 is 5.97 Å². The highest BCUT2D eigenvalue weighted by Crippen LogP contribution is 2.40. The van der Waals surface area contributed by atoms with Crippen LogP contribution in [0, 0.1) is 5.92 Å². The zero-order valence-corrected chi connectivity index (χ0v) is 18.0. The van der Waals surface area contributed by atoms with Crippen molar-refractivity contribution < 1.29 is 14.3 Å². The number of methoxy groups -OCH3 is 1. The maximum atomic E-state index is 12.6. The number of aromatic nitrogens is 2. The zero-order valence-electron chi connectivity index (χ0n) is 17.2. The summed E-state index contributed by atoms with van der Waals surface area (Å²) >= 11 is 1.65. The third-order valence-electron chi connectivity index (χ3n) is 5.87. The first-order valence-electron chi connectivity index (χ1n) is 10.3. The van der Waals surface area contributed by atoms with Crippen LogP contribution in [0.3, 0.4) is 0 Å². The fraction of sp³-hybridized carbons (Fsp3) is 0.391. The fourth-order valence-corrected chi connectivity index (χ4v) is 5.21. The third kappa shape index (κ3) is 4.21. The van der Waals surface area contributed by atoms with Crippen molar-refractivity contribution in [2.24, 2.45) is 5.92 Å². The summed E-state index contributed by atoms with van der Waals surface area (Å²) in [4.78, 5) is 33.8. The van der Waals surface area contributed by atoms with Crippen molar-refractivity contribution >= 4 is 39.1 Å². The summed E-state index contributed by atoms with van der Waals surface area (Å²) in [6.45, 7) is 2.26. The van der Waals surface area contributed by atoms with Crippen LogP contribution >= 0.6 is 11.3 Å². The quantitative estimate of drug-likeness (QED) is 0.555. The second-order valence-corrected chi connectivity index (χ2v) is 8.77. The third-order valence-corrected chi connectivity index (χ3v) is 7.05. The van der Waals surface area contributed by atoms with E-state index in [0.717, 1.165) is 34.0 Å². The van der Waals surface area contributed by atoms with E-state index < -0.39 is 5.97 Å². The lowest BCUT2D eigenvalue weighted by molar-refractivity contribution is 0.0602. The smallest absolute Gasteiger partial charge is 0.340 e. The van der Waals surface area contributed by atoms with Crippen molar-refractivity contribution in [3.63, 3.8) is 0 Å². The van der Waals surface area contributed by atoms with Crippen LogP contribution in [-0.4, -0.2) is 29.0 Å². The second-order valence-electron chi connectivity index (χ2n) is 7.70. The molecule has 1 fully saturated rings. The molecule has 1 saturated carbocycles. The van der Waals surface area contributed by atoms with Gasteiger partial charge < -0.3 is 10.1 Å². The molecule has 1 aliphatic carbocycles. The summed E-state index contributed by atoms with van der Waals surface area (Å²) in [5, 5.41) is 3.93. The van der Waals surface area contributed by atoms with Crippen LogP contribution in [0.15, 0.2) is 36.5 Å². The van der Waals surface area contributed by atoms with Crippen LogP contribution in [0.4, 0.5) is 5.69 Å². The Labute approximate surface area is 179 Å². The number of nitrogens with zero attached hydrogens (tertiary/aromatic N) is 2. The van der Waals surface area contributed by atoms with E-state index >= 15 is 0 Å². The molecule has 7 heteroatoms. The monoisotopic (exact) mass is 423 g/mol. The van der Waals surface area contributed by atoms with E-state index in [2.05, 4.69) is 17.2 Å². The molecule has 4 rings (SSSR count). The molecule has 6 nitrogen and oxygen atoms in total. The Morgan fingerprint density at radius 3 is 2.67 bits per heavy atom. The van der Waals surface area contributed by atoms with Crippen LogP contribution in [-0.2, 0) is 4.74 Å². The van der Waals surface area contributed by atoms with Gasteiger partial charge in [-0.2, -0.15) is 0 Å². The predicted octanol–water partition coefficient (Wildman–Crippen LogP) is 5.41. The minimum atomic E-state index is -0.508. The molecule has 2 aromatic heterocycles. The molecular formula is C23H25N3O3S. The summed E-state index contributed by atoms with van der Waals surface area (Å²) < 4.78 is 5.88. The van der Waals surface area contributed by atoms with Gasteiger partial charge in [0, 0.05) is 12.1 Å². The SMILES string of the molecule is CC[C@H]1CC[C@H](c2nc3cc(C(=O)OC)c(NC(=O)c4ccccn4)cc3s2)CC1. The van der Waals surface area contributed by atoms with E-state index in [9.17, 15) is 9.59 Å². The maximum Gasteiger partial charge on any atom is 0.340 e. The number of amides is 1. The van der Waals surface area contributed by atoms with Crippen molar-refractivity contribution in [3.05, 3.63) is 52.8 Å². The van der Waals surface area contributed by atoms with Crippen LogP contribution in [0.25, 0.3) is 10.2 Å².